The number of benzene rings is 1. The highest BCUT2D eigenvalue weighted by Crippen LogP contribution is 2.26. The third-order valence-corrected chi connectivity index (χ3v) is 6.09. The topological polar surface area (TPSA) is 83.6 Å². The summed E-state index contributed by atoms with van der Waals surface area (Å²) in [5, 5.41) is 5.47. The van der Waals surface area contributed by atoms with Crippen LogP contribution in [0.3, 0.4) is 0 Å². The molecular formula is C22H23IN4O3. The number of carbonyl (C=O) groups is 2. The van der Waals surface area contributed by atoms with E-state index in [4.69, 9.17) is 4.74 Å². The molecule has 1 aromatic carbocycles. The Bertz CT molecular complexity index is 990. The standard InChI is InChI=1S/C22H23IN4O3/c1-30-13-16-3-2-8-27(16)12-14-4-7-20(24-10-14)25-11-19-18-9-15(23)5-6-17(18)21(28)26-22(19)29/h4-7,9-11,16H,2-3,8,12-13H2,1H3,(H,24,25)(H,26,28,29)/b19-11-/t16-/m0/s1. The normalized spacial score (nSPS) is 20.3. The molecule has 2 amide bonds. The molecule has 8 heteroatoms. The van der Waals surface area contributed by atoms with Crippen molar-refractivity contribution < 1.29 is 14.3 Å². The summed E-state index contributed by atoms with van der Waals surface area (Å²) in [6.45, 7) is 2.68. The first kappa shape index (κ1) is 21.0. The SMILES string of the molecule is COC[C@@H]1CCCN1Cc1ccc(N/C=C2\C(=O)NC(=O)c3ccc(I)cc32)nc1. The number of carbonyl (C=O) groups excluding carboxylic acids is 2. The Labute approximate surface area is 189 Å². The number of fused-ring (bicyclic) bond motifs is 1. The maximum absolute atomic E-state index is 12.4. The van der Waals surface area contributed by atoms with Crippen LogP contribution >= 0.6 is 22.6 Å². The number of pyridine rings is 1. The largest absolute Gasteiger partial charge is 0.383 e. The zero-order valence-electron chi connectivity index (χ0n) is 16.7. The van der Waals surface area contributed by atoms with Gasteiger partial charge in [0.1, 0.15) is 5.82 Å². The maximum atomic E-state index is 12.4. The number of anilines is 1. The molecule has 0 radical (unpaired) electrons. The number of hydrogen-bond donors (Lipinski definition) is 2. The Kier molecular flexibility index (Phi) is 6.45. The molecule has 1 saturated heterocycles. The molecule has 2 aromatic rings. The van der Waals surface area contributed by atoms with E-state index in [1.165, 1.54) is 12.8 Å². The Morgan fingerprint density at radius 3 is 2.90 bits per heavy atom. The van der Waals surface area contributed by atoms with Crippen LogP contribution in [0.15, 0.2) is 42.7 Å². The molecule has 1 atom stereocenters. The summed E-state index contributed by atoms with van der Waals surface area (Å²) in [4.78, 5) is 31.3. The van der Waals surface area contributed by atoms with Crippen LogP contribution in [0.4, 0.5) is 5.82 Å². The lowest BCUT2D eigenvalue weighted by atomic mass is 9.96. The Balaban J connectivity index is 1.47. The van der Waals surface area contributed by atoms with Gasteiger partial charge in [0.15, 0.2) is 0 Å². The zero-order chi connectivity index (χ0) is 21.1. The summed E-state index contributed by atoms with van der Waals surface area (Å²) < 4.78 is 6.28. The predicted molar refractivity (Wildman–Crippen MR) is 123 cm³/mol. The number of aromatic nitrogens is 1. The van der Waals surface area contributed by atoms with Crippen LogP contribution in [0, 0.1) is 3.57 Å². The first-order valence-corrected chi connectivity index (χ1v) is 10.9. The van der Waals surface area contributed by atoms with E-state index in [-0.39, 0.29) is 5.91 Å². The third-order valence-electron chi connectivity index (χ3n) is 5.42. The second-order valence-corrected chi connectivity index (χ2v) is 8.69. The fraction of sp³-hybridized carbons (Fsp3) is 0.318. The van der Waals surface area contributed by atoms with Crippen molar-refractivity contribution in [2.75, 3.05) is 25.6 Å². The number of likely N-dealkylation sites (tertiary alicyclic amines) is 1. The number of amides is 2. The minimum Gasteiger partial charge on any atom is -0.383 e. The number of nitrogens with zero attached hydrogens (tertiary/aromatic N) is 2. The fourth-order valence-electron chi connectivity index (χ4n) is 3.91. The Hall–Kier alpha value is -2.30. The van der Waals surface area contributed by atoms with E-state index in [1.54, 1.807) is 19.4 Å². The van der Waals surface area contributed by atoms with Crippen molar-refractivity contribution in [2.45, 2.75) is 25.4 Å². The van der Waals surface area contributed by atoms with Crippen molar-refractivity contribution in [1.29, 1.82) is 0 Å². The van der Waals surface area contributed by atoms with Crippen molar-refractivity contribution in [2.24, 2.45) is 0 Å². The van der Waals surface area contributed by atoms with Gasteiger partial charge in [-0.15, -0.1) is 0 Å². The van der Waals surface area contributed by atoms with Gasteiger partial charge in [0, 0.05) is 46.8 Å². The van der Waals surface area contributed by atoms with E-state index in [9.17, 15) is 9.59 Å². The molecule has 0 spiro atoms. The van der Waals surface area contributed by atoms with Gasteiger partial charge in [0.05, 0.1) is 12.2 Å². The second-order valence-electron chi connectivity index (χ2n) is 7.45. The summed E-state index contributed by atoms with van der Waals surface area (Å²) >= 11 is 2.17. The Morgan fingerprint density at radius 1 is 1.27 bits per heavy atom. The molecule has 30 heavy (non-hydrogen) atoms. The lowest BCUT2D eigenvalue weighted by molar-refractivity contribution is -0.114. The van der Waals surface area contributed by atoms with E-state index in [2.05, 4.69) is 43.1 Å². The lowest BCUT2D eigenvalue weighted by Crippen LogP contribution is -2.36. The molecule has 2 N–H and O–H groups in total. The molecule has 2 aliphatic heterocycles. The fourth-order valence-corrected chi connectivity index (χ4v) is 4.40. The number of ether oxygens (including phenoxy) is 1. The van der Waals surface area contributed by atoms with Crippen LogP contribution in [-0.4, -0.2) is 48.0 Å². The number of halogens is 1. The molecule has 156 valence electrons. The molecule has 1 fully saturated rings. The monoisotopic (exact) mass is 518 g/mol. The van der Waals surface area contributed by atoms with Gasteiger partial charge in [0.25, 0.3) is 11.8 Å². The zero-order valence-corrected chi connectivity index (χ0v) is 18.8. The summed E-state index contributed by atoms with van der Waals surface area (Å²) in [7, 11) is 1.74. The summed E-state index contributed by atoms with van der Waals surface area (Å²) in [6.07, 6.45) is 5.82. The van der Waals surface area contributed by atoms with Gasteiger partial charge >= 0.3 is 0 Å². The second kappa shape index (κ2) is 9.23. The molecule has 7 nitrogen and oxygen atoms in total. The number of methoxy groups -OCH3 is 1. The van der Waals surface area contributed by atoms with E-state index < -0.39 is 5.91 Å². The molecule has 0 bridgehead atoms. The molecule has 3 heterocycles. The highest BCUT2D eigenvalue weighted by molar-refractivity contribution is 14.1. The van der Waals surface area contributed by atoms with Gasteiger partial charge in [-0.25, -0.2) is 4.98 Å². The van der Waals surface area contributed by atoms with Crippen molar-refractivity contribution in [3.05, 3.63) is 63.0 Å². The highest BCUT2D eigenvalue weighted by Gasteiger charge is 2.27. The number of hydrogen-bond acceptors (Lipinski definition) is 6. The lowest BCUT2D eigenvalue weighted by Gasteiger charge is -2.23. The van der Waals surface area contributed by atoms with Crippen molar-refractivity contribution in [3.63, 3.8) is 0 Å². The van der Waals surface area contributed by atoms with Gasteiger partial charge in [-0.1, -0.05) is 6.07 Å². The predicted octanol–water partition coefficient (Wildman–Crippen LogP) is 3.02. The molecule has 0 unspecified atom stereocenters. The third kappa shape index (κ3) is 4.55. The minimum absolute atomic E-state index is 0.375. The van der Waals surface area contributed by atoms with E-state index in [1.807, 2.05) is 30.5 Å². The number of rotatable bonds is 6. The van der Waals surface area contributed by atoms with Gasteiger partial charge < -0.3 is 10.1 Å². The molecule has 0 aliphatic carbocycles. The smallest absolute Gasteiger partial charge is 0.260 e. The van der Waals surface area contributed by atoms with Gasteiger partial charge in [0.2, 0.25) is 0 Å². The van der Waals surface area contributed by atoms with E-state index in [0.29, 0.717) is 28.6 Å². The molecule has 0 saturated carbocycles. The van der Waals surface area contributed by atoms with Crippen LogP contribution < -0.4 is 10.6 Å². The average Bonchev–Trinajstić information content (AvgIpc) is 3.16. The average molecular weight is 518 g/mol. The van der Waals surface area contributed by atoms with Gasteiger partial charge in [-0.2, -0.15) is 0 Å². The van der Waals surface area contributed by atoms with Crippen LogP contribution in [0.1, 0.15) is 34.3 Å². The first-order chi connectivity index (χ1) is 14.5. The van der Waals surface area contributed by atoms with Gasteiger partial charge in [-0.3, -0.25) is 19.8 Å². The summed E-state index contributed by atoms with van der Waals surface area (Å²) in [6, 6.07) is 9.82. The molecule has 1 aromatic heterocycles. The van der Waals surface area contributed by atoms with Gasteiger partial charge in [-0.05, 0) is 71.8 Å². The number of imide groups is 1. The van der Waals surface area contributed by atoms with Crippen molar-refractivity contribution in [1.82, 2.24) is 15.2 Å². The first-order valence-electron chi connectivity index (χ1n) is 9.85. The van der Waals surface area contributed by atoms with Crippen LogP contribution in [0.25, 0.3) is 5.57 Å². The van der Waals surface area contributed by atoms with Crippen molar-refractivity contribution in [3.8, 4) is 0 Å². The van der Waals surface area contributed by atoms with Crippen molar-refractivity contribution >= 4 is 45.8 Å². The van der Waals surface area contributed by atoms with E-state index in [0.717, 1.165) is 28.8 Å². The number of nitrogens with one attached hydrogen (secondary N) is 2. The molecular weight excluding hydrogens is 495 g/mol. The summed E-state index contributed by atoms with van der Waals surface area (Å²) in [5.74, 6) is -0.158. The summed E-state index contributed by atoms with van der Waals surface area (Å²) in [5.41, 5.74) is 2.66. The molecule has 4 rings (SSSR count). The van der Waals surface area contributed by atoms with E-state index >= 15 is 0 Å². The quantitative estimate of drug-likeness (QED) is 0.348. The van der Waals surface area contributed by atoms with Crippen LogP contribution in [0.5, 0.6) is 0 Å². The minimum atomic E-state index is -0.420. The maximum Gasteiger partial charge on any atom is 0.260 e. The Morgan fingerprint density at radius 2 is 2.13 bits per heavy atom. The van der Waals surface area contributed by atoms with Crippen LogP contribution in [0.2, 0.25) is 0 Å². The highest BCUT2D eigenvalue weighted by atomic mass is 127. The van der Waals surface area contributed by atoms with Crippen LogP contribution in [-0.2, 0) is 16.1 Å². The molecule has 2 aliphatic rings.